The van der Waals surface area contributed by atoms with Gasteiger partial charge in [-0.05, 0) is 6.92 Å². The smallest absolute Gasteiger partial charge is 0.0795 e. The molecule has 1 heterocycles. The molecule has 0 aliphatic rings. The van der Waals surface area contributed by atoms with Crippen molar-refractivity contribution >= 4 is 11.7 Å². The average Bonchev–Trinajstić information content (AvgIpc) is 2.18. The van der Waals surface area contributed by atoms with E-state index < -0.39 is 0 Å². The van der Waals surface area contributed by atoms with Crippen molar-refractivity contribution in [2.24, 2.45) is 0 Å². The van der Waals surface area contributed by atoms with Crippen LogP contribution < -0.4 is 0 Å². The molecule has 0 unspecified atom stereocenters. The maximum Gasteiger partial charge on any atom is 0.0795 e. The van der Waals surface area contributed by atoms with E-state index in [-0.39, 0.29) is 6.61 Å². The van der Waals surface area contributed by atoms with Gasteiger partial charge in [0.2, 0.25) is 0 Å². The topological polar surface area (TPSA) is 46.0 Å². The molecular formula is C5H8N2OS. The van der Waals surface area contributed by atoms with Gasteiger partial charge >= 0.3 is 0 Å². The van der Waals surface area contributed by atoms with Gasteiger partial charge in [-0.1, -0.05) is 0 Å². The van der Waals surface area contributed by atoms with E-state index in [0.29, 0.717) is 6.42 Å². The summed E-state index contributed by atoms with van der Waals surface area (Å²) in [4.78, 5) is 0. The van der Waals surface area contributed by atoms with E-state index in [9.17, 15) is 0 Å². The van der Waals surface area contributed by atoms with Gasteiger partial charge in [0.1, 0.15) is 0 Å². The molecule has 4 heteroatoms. The highest BCUT2D eigenvalue weighted by atomic mass is 32.1. The maximum absolute atomic E-state index is 8.50. The predicted octanol–water partition coefficient (Wildman–Crippen LogP) is 0.381. The van der Waals surface area contributed by atoms with Crippen molar-refractivity contribution < 1.29 is 5.11 Å². The van der Waals surface area contributed by atoms with E-state index in [0.717, 1.165) is 11.4 Å². The van der Waals surface area contributed by atoms with E-state index in [1.54, 1.807) is 0 Å². The molecular weight excluding hydrogens is 136 g/mol. The standard InChI is InChI=1S/C5H8N2OS/c1-4-5(2-3-8)7-9-6-4/h8H,2-3H2,1H3. The lowest BCUT2D eigenvalue weighted by molar-refractivity contribution is 0.298. The summed E-state index contributed by atoms with van der Waals surface area (Å²) in [6, 6.07) is 0. The zero-order chi connectivity index (χ0) is 6.69. The third-order valence-electron chi connectivity index (χ3n) is 1.10. The second-order valence-electron chi connectivity index (χ2n) is 1.77. The summed E-state index contributed by atoms with van der Waals surface area (Å²) >= 11 is 1.20. The molecule has 0 amide bonds. The van der Waals surface area contributed by atoms with Crippen molar-refractivity contribution in [2.75, 3.05) is 6.61 Å². The number of aliphatic hydroxyl groups excluding tert-OH is 1. The number of hydrogen-bond acceptors (Lipinski definition) is 4. The molecule has 0 aromatic carbocycles. The molecule has 0 atom stereocenters. The normalized spacial score (nSPS) is 10.0. The van der Waals surface area contributed by atoms with Crippen LogP contribution in [0.1, 0.15) is 11.4 Å². The Labute approximate surface area is 57.7 Å². The number of hydrogen-bond donors (Lipinski definition) is 1. The largest absolute Gasteiger partial charge is 0.396 e. The lowest BCUT2D eigenvalue weighted by Crippen LogP contribution is -1.92. The fraction of sp³-hybridized carbons (Fsp3) is 0.600. The Bertz CT molecular complexity index is 187. The van der Waals surface area contributed by atoms with E-state index in [2.05, 4.69) is 8.75 Å². The molecule has 0 fully saturated rings. The monoisotopic (exact) mass is 144 g/mol. The Balaban J connectivity index is 2.69. The molecule has 3 nitrogen and oxygen atoms in total. The first kappa shape index (κ1) is 6.64. The van der Waals surface area contributed by atoms with E-state index in [1.165, 1.54) is 11.7 Å². The van der Waals surface area contributed by atoms with Crippen LogP contribution in [0, 0.1) is 6.92 Å². The lowest BCUT2D eigenvalue weighted by atomic mass is 10.3. The average molecular weight is 144 g/mol. The van der Waals surface area contributed by atoms with E-state index in [4.69, 9.17) is 5.11 Å². The van der Waals surface area contributed by atoms with Crippen molar-refractivity contribution in [2.45, 2.75) is 13.3 Å². The van der Waals surface area contributed by atoms with Crippen molar-refractivity contribution in [3.05, 3.63) is 11.4 Å². The molecule has 0 saturated carbocycles. The molecule has 9 heavy (non-hydrogen) atoms. The van der Waals surface area contributed by atoms with Gasteiger partial charge in [-0.15, -0.1) is 0 Å². The number of aryl methyl sites for hydroxylation is 1. The molecule has 0 aliphatic heterocycles. The zero-order valence-electron chi connectivity index (χ0n) is 5.16. The van der Waals surface area contributed by atoms with Crippen LogP contribution in [0.3, 0.4) is 0 Å². The molecule has 1 aromatic rings. The summed E-state index contributed by atoms with van der Waals surface area (Å²) in [5, 5.41) is 8.50. The Morgan fingerprint density at radius 3 is 2.78 bits per heavy atom. The van der Waals surface area contributed by atoms with Crippen molar-refractivity contribution in [1.82, 2.24) is 8.75 Å². The molecule has 0 saturated heterocycles. The Kier molecular flexibility index (Phi) is 2.13. The summed E-state index contributed by atoms with van der Waals surface area (Å²) in [5.74, 6) is 0. The molecule has 0 radical (unpaired) electrons. The zero-order valence-corrected chi connectivity index (χ0v) is 5.98. The molecule has 0 bridgehead atoms. The summed E-state index contributed by atoms with van der Waals surface area (Å²) in [7, 11) is 0. The van der Waals surface area contributed by atoms with Crippen LogP contribution in [0.25, 0.3) is 0 Å². The first-order valence-electron chi connectivity index (χ1n) is 2.73. The van der Waals surface area contributed by atoms with Gasteiger partial charge in [0.25, 0.3) is 0 Å². The molecule has 0 spiro atoms. The first-order chi connectivity index (χ1) is 4.34. The van der Waals surface area contributed by atoms with Gasteiger partial charge in [-0.3, -0.25) is 0 Å². The van der Waals surface area contributed by atoms with Crippen LogP contribution in [-0.4, -0.2) is 20.5 Å². The van der Waals surface area contributed by atoms with Gasteiger partial charge in [-0.2, -0.15) is 8.75 Å². The maximum atomic E-state index is 8.50. The number of aromatic nitrogens is 2. The van der Waals surface area contributed by atoms with Crippen LogP contribution in [0.4, 0.5) is 0 Å². The quantitative estimate of drug-likeness (QED) is 0.652. The molecule has 1 N–H and O–H groups in total. The minimum atomic E-state index is 0.159. The van der Waals surface area contributed by atoms with Crippen molar-refractivity contribution in [3.8, 4) is 0 Å². The Hall–Kier alpha value is -0.480. The second kappa shape index (κ2) is 2.89. The van der Waals surface area contributed by atoms with Crippen molar-refractivity contribution in [3.63, 3.8) is 0 Å². The van der Waals surface area contributed by atoms with Crippen molar-refractivity contribution in [1.29, 1.82) is 0 Å². The van der Waals surface area contributed by atoms with E-state index in [1.807, 2.05) is 6.92 Å². The minimum absolute atomic E-state index is 0.159. The SMILES string of the molecule is Cc1nsnc1CCO. The highest BCUT2D eigenvalue weighted by molar-refractivity contribution is 6.99. The molecule has 1 aromatic heterocycles. The first-order valence-corrected chi connectivity index (χ1v) is 3.46. The van der Waals surface area contributed by atoms with Crippen LogP contribution in [0.15, 0.2) is 0 Å². The van der Waals surface area contributed by atoms with Crippen LogP contribution in [0.2, 0.25) is 0 Å². The molecule has 50 valence electrons. The van der Waals surface area contributed by atoms with Crippen LogP contribution in [-0.2, 0) is 6.42 Å². The highest BCUT2D eigenvalue weighted by Gasteiger charge is 1.99. The Morgan fingerprint density at radius 1 is 1.56 bits per heavy atom. The summed E-state index contributed by atoms with van der Waals surface area (Å²) < 4.78 is 7.93. The third kappa shape index (κ3) is 1.46. The van der Waals surface area contributed by atoms with Gasteiger partial charge in [-0.25, -0.2) is 0 Å². The number of aliphatic hydroxyl groups is 1. The third-order valence-corrected chi connectivity index (χ3v) is 1.75. The van der Waals surface area contributed by atoms with Gasteiger partial charge in [0.15, 0.2) is 0 Å². The fourth-order valence-corrected chi connectivity index (χ4v) is 1.17. The van der Waals surface area contributed by atoms with Gasteiger partial charge < -0.3 is 5.11 Å². The fourth-order valence-electron chi connectivity index (χ4n) is 0.582. The lowest BCUT2D eigenvalue weighted by Gasteiger charge is -1.88. The van der Waals surface area contributed by atoms with Gasteiger partial charge in [0.05, 0.1) is 23.1 Å². The van der Waals surface area contributed by atoms with Crippen LogP contribution in [0.5, 0.6) is 0 Å². The summed E-state index contributed by atoms with van der Waals surface area (Å²) in [5.41, 5.74) is 1.86. The number of nitrogens with zero attached hydrogens (tertiary/aromatic N) is 2. The molecule has 1 rings (SSSR count). The highest BCUT2D eigenvalue weighted by Crippen LogP contribution is 2.03. The minimum Gasteiger partial charge on any atom is -0.396 e. The van der Waals surface area contributed by atoms with Crippen LogP contribution >= 0.6 is 11.7 Å². The summed E-state index contributed by atoms with van der Waals surface area (Å²) in [6.45, 7) is 2.06. The predicted molar refractivity (Wildman–Crippen MR) is 35.4 cm³/mol. The molecule has 0 aliphatic carbocycles. The Morgan fingerprint density at radius 2 is 2.33 bits per heavy atom. The summed E-state index contributed by atoms with van der Waals surface area (Å²) in [6.07, 6.45) is 0.627. The number of rotatable bonds is 2. The van der Waals surface area contributed by atoms with Gasteiger partial charge in [0, 0.05) is 13.0 Å². The second-order valence-corrected chi connectivity index (χ2v) is 2.30. The van der Waals surface area contributed by atoms with E-state index >= 15 is 0 Å².